The van der Waals surface area contributed by atoms with E-state index in [1.807, 2.05) is 10.3 Å². The van der Waals surface area contributed by atoms with Crippen molar-refractivity contribution in [1.82, 2.24) is 15.0 Å². The van der Waals surface area contributed by atoms with Gasteiger partial charge in [0.2, 0.25) is 0 Å². The Kier molecular flexibility index (Phi) is 5.72. The van der Waals surface area contributed by atoms with Gasteiger partial charge in [0.05, 0.1) is 11.6 Å². The maximum Gasteiger partial charge on any atom is 0.360 e. The Morgan fingerprint density at radius 3 is 2.86 bits per heavy atom. The zero-order valence-electron chi connectivity index (χ0n) is 15.8. The number of piperidine rings is 1. The molecule has 150 valence electrons. The van der Waals surface area contributed by atoms with Gasteiger partial charge in [0.25, 0.3) is 5.91 Å². The van der Waals surface area contributed by atoms with Gasteiger partial charge in [-0.15, -0.1) is 11.3 Å². The highest BCUT2D eigenvalue weighted by molar-refractivity contribution is 7.10. The summed E-state index contributed by atoms with van der Waals surface area (Å²) < 4.78 is 15.7. The van der Waals surface area contributed by atoms with Gasteiger partial charge in [-0.25, -0.2) is 9.78 Å². The van der Waals surface area contributed by atoms with Gasteiger partial charge in [-0.1, -0.05) is 5.16 Å². The summed E-state index contributed by atoms with van der Waals surface area (Å²) in [5.41, 5.74) is 0.813. The number of thiazole rings is 1. The summed E-state index contributed by atoms with van der Waals surface area (Å²) in [4.78, 5) is 30.8. The van der Waals surface area contributed by atoms with Gasteiger partial charge in [0.15, 0.2) is 11.5 Å². The minimum absolute atomic E-state index is 0.129. The second-order valence-electron chi connectivity index (χ2n) is 6.97. The van der Waals surface area contributed by atoms with Crippen LogP contribution in [0.25, 0.3) is 11.5 Å². The molecule has 0 N–H and O–H groups in total. The van der Waals surface area contributed by atoms with E-state index in [2.05, 4.69) is 10.1 Å². The van der Waals surface area contributed by atoms with Crippen LogP contribution in [0.1, 0.15) is 54.0 Å². The molecule has 0 radical (unpaired) electrons. The molecule has 2 aromatic heterocycles. The van der Waals surface area contributed by atoms with Crippen LogP contribution in [0, 0.1) is 0 Å². The molecule has 0 aromatic carbocycles. The largest absolute Gasteiger partial charge is 0.461 e. The van der Waals surface area contributed by atoms with Crippen LogP contribution in [-0.2, 0) is 14.3 Å². The number of ether oxygens (including phenoxy) is 2. The van der Waals surface area contributed by atoms with Gasteiger partial charge in [-0.05, 0) is 32.6 Å². The first-order valence-electron chi connectivity index (χ1n) is 9.65. The molecule has 28 heavy (non-hydrogen) atoms. The van der Waals surface area contributed by atoms with E-state index in [9.17, 15) is 9.59 Å². The highest BCUT2D eigenvalue weighted by atomic mass is 32.1. The van der Waals surface area contributed by atoms with E-state index in [0.29, 0.717) is 24.0 Å². The molecule has 0 bridgehead atoms. The fourth-order valence-electron chi connectivity index (χ4n) is 3.61. The Morgan fingerprint density at radius 2 is 2.14 bits per heavy atom. The summed E-state index contributed by atoms with van der Waals surface area (Å²) in [7, 11) is 0. The van der Waals surface area contributed by atoms with E-state index in [4.69, 9.17) is 14.0 Å². The van der Waals surface area contributed by atoms with Gasteiger partial charge in [-0.2, -0.15) is 0 Å². The fourth-order valence-corrected chi connectivity index (χ4v) is 4.59. The van der Waals surface area contributed by atoms with Crippen molar-refractivity contribution >= 4 is 23.2 Å². The van der Waals surface area contributed by atoms with Crippen LogP contribution in [0.5, 0.6) is 0 Å². The Morgan fingerprint density at radius 1 is 1.32 bits per heavy atom. The number of hydrogen-bond acceptors (Lipinski definition) is 8. The number of nitrogens with zero attached hydrogens (tertiary/aromatic N) is 3. The van der Waals surface area contributed by atoms with Crippen LogP contribution >= 0.6 is 11.3 Å². The lowest BCUT2D eigenvalue weighted by Crippen LogP contribution is -2.43. The fraction of sp³-hybridized carbons (Fsp3) is 0.579. The quantitative estimate of drug-likeness (QED) is 0.706. The lowest BCUT2D eigenvalue weighted by molar-refractivity contribution is -0.142. The Balaban J connectivity index is 1.36. The molecule has 1 unspecified atom stereocenters. The molecule has 8 nitrogen and oxygen atoms in total. The van der Waals surface area contributed by atoms with Crippen molar-refractivity contribution in [3.05, 3.63) is 22.1 Å². The lowest BCUT2D eigenvalue weighted by Gasteiger charge is -2.32. The predicted octanol–water partition coefficient (Wildman–Crippen LogP) is 2.86. The van der Waals surface area contributed by atoms with Gasteiger partial charge in [0, 0.05) is 37.1 Å². The normalized spacial score (nSPS) is 20.5. The first-order chi connectivity index (χ1) is 13.7. The Hall–Kier alpha value is -2.26. The number of amides is 1. The molecule has 4 heterocycles. The van der Waals surface area contributed by atoms with Gasteiger partial charge in [0.1, 0.15) is 11.8 Å². The van der Waals surface area contributed by atoms with Crippen LogP contribution in [0.4, 0.5) is 0 Å². The van der Waals surface area contributed by atoms with E-state index in [1.165, 1.54) is 0 Å². The summed E-state index contributed by atoms with van der Waals surface area (Å²) >= 11 is 1.57. The van der Waals surface area contributed by atoms with E-state index < -0.39 is 5.97 Å². The number of esters is 1. The SMILES string of the molecule is CCOC(=O)c1cc(-c2csc(C3CCN(C(=O)C4CCCO4)CC3)n2)on1. The molecular weight excluding hydrogens is 382 g/mol. The van der Waals surface area contributed by atoms with Crippen LogP contribution < -0.4 is 0 Å². The number of carbonyl (C=O) groups is 2. The molecule has 2 aromatic rings. The molecule has 9 heteroatoms. The summed E-state index contributed by atoms with van der Waals surface area (Å²) in [5, 5.41) is 6.69. The van der Waals surface area contributed by atoms with Crippen LogP contribution in [0.2, 0.25) is 0 Å². The van der Waals surface area contributed by atoms with E-state index in [0.717, 1.165) is 43.8 Å². The van der Waals surface area contributed by atoms with Crippen LogP contribution in [0.3, 0.4) is 0 Å². The van der Waals surface area contributed by atoms with Gasteiger partial charge in [-0.3, -0.25) is 4.79 Å². The van der Waals surface area contributed by atoms with E-state index in [-0.39, 0.29) is 24.3 Å². The molecule has 2 aliphatic heterocycles. The molecule has 0 saturated carbocycles. The van der Waals surface area contributed by atoms with Gasteiger partial charge >= 0.3 is 5.97 Å². The first kappa shape index (κ1) is 19.1. The van der Waals surface area contributed by atoms with Crippen LogP contribution in [0.15, 0.2) is 16.0 Å². The second-order valence-corrected chi connectivity index (χ2v) is 7.86. The van der Waals surface area contributed by atoms with Crippen molar-refractivity contribution in [3.8, 4) is 11.5 Å². The maximum absolute atomic E-state index is 12.5. The van der Waals surface area contributed by atoms with E-state index >= 15 is 0 Å². The Bertz CT molecular complexity index is 834. The minimum atomic E-state index is -0.503. The monoisotopic (exact) mass is 405 g/mol. The molecule has 2 aliphatic rings. The second kappa shape index (κ2) is 8.40. The molecule has 1 amide bonds. The number of carbonyl (C=O) groups excluding carboxylic acids is 2. The molecule has 2 fully saturated rings. The summed E-state index contributed by atoms with van der Waals surface area (Å²) in [6, 6.07) is 1.56. The number of hydrogen-bond donors (Lipinski definition) is 0. The number of likely N-dealkylation sites (tertiary alicyclic amines) is 1. The standard InChI is InChI=1S/C19H23N3O5S/c1-2-25-19(24)13-10-16(27-21-13)14-11-28-17(20-14)12-5-7-22(8-6-12)18(23)15-4-3-9-26-15/h10-12,15H,2-9H2,1H3. The minimum Gasteiger partial charge on any atom is -0.461 e. The topological polar surface area (TPSA) is 94.8 Å². The van der Waals surface area contributed by atoms with Crippen molar-refractivity contribution in [3.63, 3.8) is 0 Å². The number of aromatic nitrogens is 2. The Labute approximate surface area is 166 Å². The van der Waals surface area contributed by atoms with E-state index in [1.54, 1.807) is 24.3 Å². The van der Waals surface area contributed by atoms with Crippen molar-refractivity contribution in [2.45, 2.75) is 44.6 Å². The predicted molar refractivity (Wildman–Crippen MR) is 101 cm³/mol. The average Bonchev–Trinajstić information content (AvgIpc) is 3.49. The third kappa shape index (κ3) is 3.95. The summed E-state index contributed by atoms with van der Waals surface area (Å²) in [5.74, 6) is 0.400. The average molecular weight is 405 g/mol. The molecule has 2 saturated heterocycles. The maximum atomic E-state index is 12.5. The van der Waals surface area contributed by atoms with Crippen molar-refractivity contribution in [2.24, 2.45) is 0 Å². The third-order valence-electron chi connectivity index (χ3n) is 5.13. The molecule has 1 atom stereocenters. The zero-order chi connectivity index (χ0) is 19.5. The first-order valence-corrected chi connectivity index (χ1v) is 10.5. The van der Waals surface area contributed by atoms with Crippen molar-refractivity contribution < 1.29 is 23.6 Å². The third-order valence-corrected chi connectivity index (χ3v) is 6.14. The van der Waals surface area contributed by atoms with Gasteiger partial charge < -0.3 is 18.9 Å². The van der Waals surface area contributed by atoms with Crippen LogP contribution in [-0.4, -0.2) is 59.3 Å². The highest BCUT2D eigenvalue weighted by Crippen LogP contribution is 2.33. The molecule has 0 aliphatic carbocycles. The summed E-state index contributed by atoms with van der Waals surface area (Å²) in [6.07, 6.45) is 3.32. The van der Waals surface area contributed by atoms with Crippen molar-refractivity contribution in [2.75, 3.05) is 26.3 Å². The summed E-state index contributed by atoms with van der Waals surface area (Å²) in [6.45, 7) is 4.18. The number of rotatable bonds is 5. The highest BCUT2D eigenvalue weighted by Gasteiger charge is 2.32. The zero-order valence-corrected chi connectivity index (χ0v) is 16.6. The molecular formula is C19H23N3O5S. The smallest absolute Gasteiger partial charge is 0.360 e. The molecule has 4 rings (SSSR count). The van der Waals surface area contributed by atoms with Crippen molar-refractivity contribution in [1.29, 1.82) is 0 Å². The lowest BCUT2D eigenvalue weighted by atomic mass is 9.97. The molecule has 0 spiro atoms.